The van der Waals surface area contributed by atoms with Gasteiger partial charge in [0, 0.05) is 5.56 Å². The number of amides is 2. The Kier molecular flexibility index (Phi) is 5.74. The summed E-state index contributed by atoms with van der Waals surface area (Å²) in [5, 5.41) is 2.76. The summed E-state index contributed by atoms with van der Waals surface area (Å²) in [6.45, 7) is 2.27. The zero-order chi connectivity index (χ0) is 24.6. The van der Waals surface area contributed by atoms with Crippen molar-refractivity contribution < 1.29 is 22.4 Å². The summed E-state index contributed by atoms with van der Waals surface area (Å²) in [4.78, 5) is 27.9. The summed E-state index contributed by atoms with van der Waals surface area (Å²) < 4.78 is 32.4. The molecule has 0 radical (unpaired) electrons. The van der Waals surface area contributed by atoms with Crippen LogP contribution < -0.4 is 10.2 Å². The third kappa shape index (κ3) is 4.24. The van der Waals surface area contributed by atoms with Crippen LogP contribution in [0.4, 0.5) is 5.69 Å². The predicted octanol–water partition coefficient (Wildman–Crippen LogP) is 4.51. The molecule has 3 aromatic carbocycles. The van der Waals surface area contributed by atoms with E-state index in [1.54, 1.807) is 24.3 Å². The first-order valence-electron chi connectivity index (χ1n) is 11.0. The average Bonchev–Trinajstić information content (AvgIpc) is 3.37. The monoisotopic (exact) mass is 486 g/mol. The lowest BCUT2D eigenvalue weighted by Crippen LogP contribution is -2.31. The number of nitrogens with zero attached hydrogens (tertiary/aromatic N) is 1. The maximum atomic E-state index is 13.7. The second-order valence-electron chi connectivity index (χ2n) is 8.32. The van der Waals surface area contributed by atoms with Crippen molar-refractivity contribution in [3.63, 3.8) is 0 Å². The van der Waals surface area contributed by atoms with Gasteiger partial charge in [0.05, 0.1) is 40.4 Å². The molecule has 1 aliphatic heterocycles. The van der Waals surface area contributed by atoms with E-state index < -0.39 is 21.7 Å². The second-order valence-corrected chi connectivity index (χ2v) is 10.2. The molecule has 0 unspecified atom stereocenters. The number of sulfone groups is 1. The van der Waals surface area contributed by atoms with E-state index in [1.807, 2.05) is 31.2 Å². The van der Waals surface area contributed by atoms with Gasteiger partial charge >= 0.3 is 0 Å². The van der Waals surface area contributed by atoms with Crippen LogP contribution in [0, 0.1) is 6.92 Å². The van der Waals surface area contributed by atoms with Crippen LogP contribution in [-0.4, -0.2) is 20.2 Å². The molecule has 2 amide bonds. The Bertz CT molecular complexity index is 1540. The third-order valence-electron chi connectivity index (χ3n) is 5.88. The first-order valence-corrected chi connectivity index (χ1v) is 12.5. The number of carbonyl (C=O) groups is 2. The van der Waals surface area contributed by atoms with Gasteiger partial charge in [-0.05, 0) is 55.0 Å². The number of aryl methyl sites for hydroxylation is 1. The lowest BCUT2D eigenvalue weighted by atomic mass is 10.1. The normalized spacial score (nSPS) is 14.1. The number of anilines is 1. The quantitative estimate of drug-likeness (QED) is 0.448. The summed E-state index contributed by atoms with van der Waals surface area (Å²) in [5.74, 6) is -0.272. The molecule has 0 saturated heterocycles. The van der Waals surface area contributed by atoms with Crippen LogP contribution in [-0.2, 0) is 22.9 Å². The fraction of sp³-hybridized carbons (Fsp3) is 0.111. The predicted molar refractivity (Wildman–Crippen MR) is 130 cm³/mol. The molecule has 5 rings (SSSR count). The summed E-state index contributed by atoms with van der Waals surface area (Å²) >= 11 is 0. The highest BCUT2D eigenvalue weighted by Crippen LogP contribution is 2.38. The molecule has 0 saturated carbocycles. The van der Waals surface area contributed by atoms with Crippen molar-refractivity contribution >= 4 is 27.3 Å². The Morgan fingerprint density at radius 1 is 0.943 bits per heavy atom. The van der Waals surface area contributed by atoms with E-state index >= 15 is 0 Å². The Hall–Kier alpha value is -4.17. The van der Waals surface area contributed by atoms with Crippen LogP contribution in [0.3, 0.4) is 0 Å². The fourth-order valence-electron chi connectivity index (χ4n) is 4.18. The molecule has 0 spiro atoms. The number of furan rings is 1. The first-order chi connectivity index (χ1) is 16.8. The minimum atomic E-state index is -4.00. The topological polar surface area (TPSA) is 96.7 Å². The average molecular weight is 487 g/mol. The minimum absolute atomic E-state index is 0.0222. The van der Waals surface area contributed by atoms with Crippen molar-refractivity contribution in [3.05, 3.63) is 113 Å². The van der Waals surface area contributed by atoms with Gasteiger partial charge in [-0.1, -0.05) is 42.0 Å². The summed E-state index contributed by atoms with van der Waals surface area (Å²) in [7, 11) is -4.00. The second kappa shape index (κ2) is 8.88. The van der Waals surface area contributed by atoms with Crippen molar-refractivity contribution in [1.29, 1.82) is 0 Å². The zero-order valence-corrected chi connectivity index (χ0v) is 19.7. The Balaban J connectivity index is 1.61. The van der Waals surface area contributed by atoms with E-state index in [0.717, 1.165) is 11.1 Å². The molecule has 0 fully saturated rings. The largest absolute Gasteiger partial charge is 0.467 e. The number of hydrogen-bond donors (Lipinski definition) is 1. The molecule has 0 atom stereocenters. The van der Waals surface area contributed by atoms with E-state index in [4.69, 9.17) is 4.42 Å². The molecule has 1 N–H and O–H groups in total. The molecule has 8 heteroatoms. The molecular formula is C27H22N2O5S. The molecule has 0 aliphatic carbocycles. The van der Waals surface area contributed by atoms with Gasteiger partial charge in [0.15, 0.2) is 0 Å². The summed E-state index contributed by atoms with van der Waals surface area (Å²) in [6.07, 6.45) is 1.52. The lowest BCUT2D eigenvalue weighted by Gasteiger charge is -2.23. The highest BCUT2D eigenvalue weighted by Gasteiger charge is 2.36. The maximum absolute atomic E-state index is 13.7. The molecule has 4 aromatic rings. The van der Waals surface area contributed by atoms with Crippen LogP contribution in [0.5, 0.6) is 0 Å². The van der Waals surface area contributed by atoms with Gasteiger partial charge in [-0.3, -0.25) is 9.59 Å². The van der Waals surface area contributed by atoms with Crippen LogP contribution in [0.1, 0.15) is 37.6 Å². The van der Waals surface area contributed by atoms with Gasteiger partial charge in [-0.25, -0.2) is 8.42 Å². The van der Waals surface area contributed by atoms with Crippen LogP contribution in [0.25, 0.3) is 0 Å². The number of rotatable bonds is 5. The zero-order valence-electron chi connectivity index (χ0n) is 18.9. The highest BCUT2D eigenvalue weighted by atomic mass is 32.2. The summed E-state index contributed by atoms with van der Waals surface area (Å²) in [5.41, 5.74) is 2.36. The Morgan fingerprint density at radius 3 is 2.54 bits per heavy atom. The number of hydrogen-bond acceptors (Lipinski definition) is 5. The van der Waals surface area contributed by atoms with Gasteiger partial charge in [-0.2, -0.15) is 0 Å². The Morgan fingerprint density at radius 2 is 1.77 bits per heavy atom. The van der Waals surface area contributed by atoms with Gasteiger partial charge < -0.3 is 14.6 Å². The number of fused-ring (bicyclic) bond motifs is 2. The fourth-order valence-corrected chi connectivity index (χ4v) is 5.81. The van der Waals surface area contributed by atoms with E-state index in [1.165, 1.54) is 41.5 Å². The van der Waals surface area contributed by atoms with Crippen molar-refractivity contribution in [2.45, 2.75) is 29.8 Å². The summed E-state index contributed by atoms with van der Waals surface area (Å²) in [6, 6.07) is 21.6. The van der Waals surface area contributed by atoms with Gasteiger partial charge in [-0.15, -0.1) is 0 Å². The molecular weight excluding hydrogens is 464 g/mol. The van der Waals surface area contributed by atoms with Gasteiger partial charge in [0.25, 0.3) is 11.8 Å². The molecule has 2 heterocycles. The van der Waals surface area contributed by atoms with E-state index in [-0.39, 0.29) is 39.7 Å². The van der Waals surface area contributed by atoms with Crippen LogP contribution in [0.2, 0.25) is 0 Å². The highest BCUT2D eigenvalue weighted by molar-refractivity contribution is 7.91. The van der Waals surface area contributed by atoms with Gasteiger partial charge in [0.1, 0.15) is 5.76 Å². The van der Waals surface area contributed by atoms with Crippen LogP contribution >= 0.6 is 0 Å². The molecule has 0 bridgehead atoms. The van der Waals surface area contributed by atoms with E-state index in [0.29, 0.717) is 5.76 Å². The standard InChI is InChI=1S/C27H22N2O5S/c1-18-6-4-7-19(14-18)17-29-23-15-20(26(30)28-16-21-8-5-13-34-21)11-12-25(23)35(32,33)24-10-3-2-9-22(24)27(29)31/h2-15H,16-17H2,1H3,(H,28,30). The SMILES string of the molecule is Cc1cccc(CN2C(=O)c3ccccc3S(=O)(=O)c3ccc(C(=O)NCc4ccco4)cc32)c1. The first kappa shape index (κ1) is 22.6. The van der Waals surface area contributed by atoms with Crippen molar-refractivity contribution in [3.8, 4) is 0 Å². The molecule has 7 nitrogen and oxygen atoms in total. The lowest BCUT2D eigenvalue weighted by molar-refractivity contribution is 0.0945. The van der Waals surface area contributed by atoms with Gasteiger partial charge in [0.2, 0.25) is 9.84 Å². The number of benzene rings is 3. The van der Waals surface area contributed by atoms with Crippen molar-refractivity contribution in [1.82, 2.24) is 5.32 Å². The minimum Gasteiger partial charge on any atom is -0.467 e. The molecule has 1 aliphatic rings. The van der Waals surface area contributed by atoms with E-state index in [2.05, 4.69) is 5.32 Å². The Labute approximate surface area is 202 Å². The number of carbonyl (C=O) groups excluding carboxylic acids is 2. The molecule has 35 heavy (non-hydrogen) atoms. The third-order valence-corrected chi connectivity index (χ3v) is 7.74. The van der Waals surface area contributed by atoms with Crippen LogP contribution in [0.15, 0.2) is 99.3 Å². The smallest absolute Gasteiger partial charge is 0.259 e. The molecule has 176 valence electrons. The van der Waals surface area contributed by atoms with Crippen molar-refractivity contribution in [2.75, 3.05) is 4.90 Å². The van der Waals surface area contributed by atoms with Crippen molar-refractivity contribution in [2.24, 2.45) is 0 Å². The molecule has 1 aromatic heterocycles. The maximum Gasteiger partial charge on any atom is 0.259 e. The number of nitrogens with one attached hydrogen (secondary N) is 1. The van der Waals surface area contributed by atoms with E-state index in [9.17, 15) is 18.0 Å².